The van der Waals surface area contributed by atoms with Gasteiger partial charge in [0.15, 0.2) is 10.6 Å². The predicted molar refractivity (Wildman–Crippen MR) is 88.7 cm³/mol. The maximum atomic E-state index is 12.0. The summed E-state index contributed by atoms with van der Waals surface area (Å²) in [7, 11) is 1.39. The van der Waals surface area contributed by atoms with Gasteiger partial charge in [0.05, 0.1) is 7.11 Å². The van der Waals surface area contributed by atoms with E-state index in [2.05, 4.69) is 0 Å². The third kappa shape index (κ3) is 2.70. The first kappa shape index (κ1) is 14.6. The quantitative estimate of drug-likeness (QED) is 0.662. The number of fused-ring (bicyclic) bond motifs is 1. The smallest absolute Gasteiger partial charge is 0.351 e. The standard InChI is InChI=1S/C18H16O3S/c1-12-7-3-4-8-13(12)11-21-16-14-9-5-6-10-15(14)22-17(16)18(19)20-2/h3-10H,11H2,1-2H3. The fourth-order valence-corrected chi connectivity index (χ4v) is 3.38. The summed E-state index contributed by atoms with van der Waals surface area (Å²) in [6.45, 7) is 2.48. The van der Waals surface area contributed by atoms with Crippen molar-refractivity contribution in [2.75, 3.05) is 7.11 Å². The summed E-state index contributed by atoms with van der Waals surface area (Å²) < 4.78 is 11.9. The molecule has 1 heterocycles. The molecule has 0 bridgehead atoms. The van der Waals surface area contributed by atoms with Gasteiger partial charge in [-0.1, -0.05) is 36.4 Å². The van der Waals surface area contributed by atoms with Gasteiger partial charge in [0.1, 0.15) is 6.61 Å². The minimum absolute atomic E-state index is 0.360. The van der Waals surface area contributed by atoms with E-state index in [4.69, 9.17) is 9.47 Å². The summed E-state index contributed by atoms with van der Waals surface area (Å²) in [6, 6.07) is 15.9. The van der Waals surface area contributed by atoms with Gasteiger partial charge in [0.25, 0.3) is 0 Å². The molecule has 0 aliphatic carbocycles. The summed E-state index contributed by atoms with van der Waals surface area (Å²) in [5, 5.41) is 0.946. The zero-order valence-corrected chi connectivity index (χ0v) is 13.3. The molecule has 3 nitrogen and oxygen atoms in total. The van der Waals surface area contributed by atoms with Crippen LogP contribution in [-0.4, -0.2) is 13.1 Å². The lowest BCUT2D eigenvalue weighted by atomic mass is 10.1. The number of hydrogen-bond donors (Lipinski definition) is 0. The number of esters is 1. The van der Waals surface area contributed by atoms with Crippen molar-refractivity contribution in [2.24, 2.45) is 0 Å². The Morgan fingerprint density at radius 2 is 1.82 bits per heavy atom. The van der Waals surface area contributed by atoms with Gasteiger partial charge in [-0.05, 0) is 30.2 Å². The van der Waals surface area contributed by atoms with Crippen LogP contribution >= 0.6 is 11.3 Å². The van der Waals surface area contributed by atoms with Crippen LogP contribution in [0.3, 0.4) is 0 Å². The predicted octanol–water partition coefficient (Wildman–Crippen LogP) is 4.58. The van der Waals surface area contributed by atoms with Crippen molar-refractivity contribution >= 4 is 27.4 Å². The van der Waals surface area contributed by atoms with Crippen LogP contribution in [-0.2, 0) is 11.3 Å². The van der Waals surface area contributed by atoms with Gasteiger partial charge in [-0.3, -0.25) is 0 Å². The Bertz CT molecular complexity index is 820. The van der Waals surface area contributed by atoms with Crippen molar-refractivity contribution in [1.82, 2.24) is 0 Å². The van der Waals surface area contributed by atoms with Crippen molar-refractivity contribution in [1.29, 1.82) is 0 Å². The van der Waals surface area contributed by atoms with E-state index in [1.54, 1.807) is 0 Å². The van der Waals surface area contributed by atoms with E-state index in [9.17, 15) is 4.79 Å². The summed E-state index contributed by atoms with van der Waals surface area (Å²) in [5.74, 6) is 0.247. The average molecular weight is 312 g/mol. The van der Waals surface area contributed by atoms with Gasteiger partial charge in [0.2, 0.25) is 0 Å². The number of benzene rings is 2. The Hall–Kier alpha value is -2.33. The molecular weight excluding hydrogens is 296 g/mol. The molecule has 2 aromatic carbocycles. The number of rotatable bonds is 4. The van der Waals surface area contributed by atoms with Gasteiger partial charge in [-0.15, -0.1) is 11.3 Å². The molecule has 0 atom stereocenters. The fraction of sp³-hybridized carbons (Fsp3) is 0.167. The van der Waals surface area contributed by atoms with E-state index in [0.29, 0.717) is 17.2 Å². The summed E-state index contributed by atoms with van der Waals surface area (Å²) in [5.41, 5.74) is 2.27. The molecule has 112 valence electrons. The zero-order valence-electron chi connectivity index (χ0n) is 12.5. The van der Waals surface area contributed by atoms with Crippen LogP contribution in [0.4, 0.5) is 0 Å². The van der Waals surface area contributed by atoms with E-state index in [1.165, 1.54) is 24.0 Å². The molecule has 0 saturated heterocycles. The maximum absolute atomic E-state index is 12.0. The highest BCUT2D eigenvalue weighted by atomic mass is 32.1. The maximum Gasteiger partial charge on any atom is 0.351 e. The van der Waals surface area contributed by atoms with Gasteiger partial charge in [-0.2, -0.15) is 0 Å². The van der Waals surface area contributed by atoms with Crippen molar-refractivity contribution in [3.05, 3.63) is 64.5 Å². The Kier molecular flexibility index (Phi) is 4.11. The van der Waals surface area contributed by atoms with E-state index in [1.807, 2.05) is 55.5 Å². The van der Waals surface area contributed by atoms with Crippen LogP contribution in [0.15, 0.2) is 48.5 Å². The Labute approximate surface area is 133 Å². The van der Waals surface area contributed by atoms with Crippen LogP contribution in [0, 0.1) is 6.92 Å². The van der Waals surface area contributed by atoms with E-state index < -0.39 is 0 Å². The number of aryl methyl sites for hydroxylation is 1. The largest absolute Gasteiger partial charge is 0.486 e. The Balaban J connectivity index is 1.98. The summed E-state index contributed by atoms with van der Waals surface area (Å²) >= 11 is 1.40. The second kappa shape index (κ2) is 6.20. The second-order valence-electron chi connectivity index (χ2n) is 4.96. The minimum atomic E-state index is -0.360. The highest BCUT2D eigenvalue weighted by Gasteiger charge is 2.20. The first-order valence-corrected chi connectivity index (χ1v) is 7.79. The Morgan fingerprint density at radius 3 is 2.59 bits per heavy atom. The molecular formula is C18H16O3S. The molecule has 0 spiro atoms. The van der Waals surface area contributed by atoms with E-state index in [-0.39, 0.29) is 5.97 Å². The molecule has 0 unspecified atom stereocenters. The number of methoxy groups -OCH3 is 1. The molecule has 4 heteroatoms. The number of hydrogen-bond acceptors (Lipinski definition) is 4. The molecule has 0 fully saturated rings. The van der Waals surface area contributed by atoms with Crippen LogP contribution in [0.1, 0.15) is 20.8 Å². The van der Waals surface area contributed by atoms with Gasteiger partial charge >= 0.3 is 5.97 Å². The van der Waals surface area contributed by atoms with Gasteiger partial charge < -0.3 is 9.47 Å². The normalized spacial score (nSPS) is 10.6. The third-order valence-corrected chi connectivity index (χ3v) is 4.69. The van der Waals surface area contributed by atoms with Crippen LogP contribution in [0.2, 0.25) is 0 Å². The molecule has 0 saturated carbocycles. The third-order valence-electron chi connectivity index (χ3n) is 3.55. The summed E-state index contributed by atoms with van der Waals surface area (Å²) in [6.07, 6.45) is 0. The Morgan fingerprint density at radius 1 is 1.09 bits per heavy atom. The average Bonchev–Trinajstić information content (AvgIpc) is 2.92. The first-order chi connectivity index (χ1) is 10.7. The zero-order chi connectivity index (χ0) is 15.5. The lowest BCUT2D eigenvalue weighted by molar-refractivity contribution is 0.0602. The molecule has 0 aliphatic rings. The van der Waals surface area contributed by atoms with Crippen molar-refractivity contribution in [3.8, 4) is 5.75 Å². The number of carbonyl (C=O) groups is 1. The number of ether oxygens (including phenoxy) is 2. The molecule has 1 aromatic heterocycles. The topological polar surface area (TPSA) is 35.5 Å². The molecule has 3 aromatic rings. The molecule has 3 rings (SSSR count). The SMILES string of the molecule is COC(=O)c1sc2ccccc2c1OCc1ccccc1C. The van der Waals surface area contributed by atoms with Crippen LogP contribution in [0.5, 0.6) is 5.75 Å². The second-order valence-corrected chi connectivity index (χ2v) is 6.02. The number of thiophene rings is 1. The highest BCUT2D eigenvalue weighted by molar-refractivity contribution is 7.21. The van der Waals surface area contributed by atoms with E-state index >= 15 is 0 Å². The minimum Gasteiger partial charge on any atom is -0.486 e. The monoisotopic (exact) mass is 312 g/mol. The van der Waals surface area contributed by atoms with E-state index in [0.717, 1.165) is 15.6 Å². The highest BCUT2D eigenvalue weighted by Crippen LogP contribution is 2.38. The van der Waals surface area contributed by atoms with Gasteiger partial charge in [-0.25, -0.2) is 4.79 Å². The van der Waals surface area contributed by atoms with Crippen LogP contribution < -0.4 is 4.74 Å². The van der Waals surface area contributed by atoms with Crippen molar-refractivity contribution in [2.45, 2.75) is 13.5 Å². The number of carbonyl (C=O) groups excluding carboxylic acids is 1. The summed E-state index contributed by atoms with van der Waals surface area (Å²) in [4.78, 5) is 12.5. The molecule has 0 N–H and O–H groups in total. The first-order valence-electron chi connectivity index (χ1n) is 6.98. The van der Waals surface area contributed by atoms with Crippen molar-refractivity contribution in [3.63, 3.8) is 0 Å². The molecule has 0 radical (unpaired) electrons. The molecule has 22 heavy (non-hydrogen) atoms. The van der Waals surface area contributed by atoms with Crippen LogP contribution in [0.25, 0.3) is 10.1 Å². The van der Waals surface area contributed by atoms with Crippen molar-refractivity contribution < 1.29 is 14.3 Å². The fourth-order valence-electron chi connectivity index (χ4n) is 2.31. The molecule has 0 amide bonds. The lowest BCUT2D eigenvalue weighted by Gasteiger charge is -2.09. The van der Waals surface area contributed by atoms with Gasteiger partial charge in [0, 0.05) is 10.1 Å². The lowest BCUT2D eigenvalue weighted by Crippen LogP contribution is -2.03. The molecule has 0 aliphatic heterocycles.